The lowest BCUT2D eigenvalue weighted by molar-refractivity contribution is -0.117. The van der Waals surface area contributed by atoms with E-state index in [1.165, 1.54) is 0 Å². The quantitative estimate of drug-likeness (QED) is 0.260. The van der Waals surface area contributed by atoms with Gasteiger partial charge in [0.05, 0.1) is 0 Å². The van der Waals surface area contributed by atoms with Gasteiger partial charge in [-0.05, 0) is 61.4 Å². The number of carbonyl (C=O) groups is 4. The molecule has 4 amide bonds. The van der Waals surface area contributed by atoms with Crippen molar-refractivity contribution in [3.8, 4) is 0 Å². The second kappa shape index (κ2) is 15.3. The highest BCUT2D eigenvalue weighted by Gasteiger charge is 2.06. The highest BCUT2D eigenvalue weighted by Crippen LogP contribution is 2.16. The van der Waals surface area contributed by atoms with Gasteiger partial charge in [-0.15, -0.1) is 0 Å². The van der Waals surface area contributed by atoms with Crippen molar-refractivity contribution >= 4 is 46.4 Å². The van der Waals surface area contributed by atoms with E-state index in [9.17, 15) is 19.2 Å². The van der Waals surface area contributed by atoms with Crippen LogP contribution < -0.4 is 21.3 Å². The summed E-state index contributed by atoms with van der Waals surface area (Å²) in [6.45, 7) is 3.58. The normalized spacial score (nSPS) is 10.3. The number of benzene rings is 2. The molecule has 0 heterocycles. The largest absolute Gasteiger partial charge is 0.326 e. The highest BCUT2D eigenvalue weighted by molar-refractivity contribution is 5.93. The summed E-state index contributed by atoms with van der Waals surface area (Å²) in [5, 5.41) is 11.3. The molecule has 8 nitrogen and oxygen atoms in total. The number of carbonyl (C=O) groups excluding carboxylic acids is 4. The predicted molar refractivity (Wildman–Crippen MR) is 140 cm³/mol. The van der Waals surface area contributed by atoms with Crippen LogP contribution >= 0.6 is 0 Å². The van der Waals surface area contributed by atoms with E-state index in [-0.39, 0.29) is 23.6 Å². The molecule has 0 bridgehead atoms. The Morgan fingerprint density at radius 3 is 1.00 bits per heavy atom. The SMILES string of the molecule is CCC(=O)Nc1ccc(NC(=O)CCCCCCCC(=O)Nc2ccc(NC(=O)CC)cc2)cc1. The zero-order valence-electron chi connectivity index (χ0n) is 20.6. The van der Waals surface area contributed by atoms with Crippen LogP contribution in [0, 0.1) is 0 Å². The second-order valence-corrected chi connectivity index (χ2v) is 8.32. The maximum Gasteiger partial charge on any atom is 0.224 e. The van der Waals surface area contributed by atoms with Gasteiger partial charge in [0.1, 0.15) is 0 Å². The van der Waals surface area contributed by atoms with Gasteiger partial charge in [-0.25, -0.2) is 0 Å². The molecule has 2 aromatic carbocycles. The van der Waals surface area contributed by atoms with E-state index in [0.717, 1.165) is 32.1 Å². The molecule has 0 atom stereocenters. The lowest BCUT2D eigenvalue weighted by atomic mass is 10.1. The smallest absolute Gasteiger partial charge is 0.224 e. The van der Waals surface area contributed by atoms with Gasteiger partial charge in [0.2, 0.25) is 23.6 Å². The Labute approximate surface area is 207 Å². The van der Waals surface area contributed by atoms with Crippen LogP contribution in [-0.2, 0) is 19.2 Å². The maximum atomic E-state index is 12.1. The van der Waals surface area contributed by atoms with Crippen LogP contribution in [0.5, 0.6) is 0 Å². The lowest BCUT2D eigenvalue weighted by Crippen LogP contribution is -2.12. The van der Waals surface area contributed by atoms with E-state index in [4.69, 9.17) is 0 Å². The summed E-state index contributed by atoms with van der Waals surface area (Å²) < 4.78 is 0. The van der Waals surface area contributed by atoms with Gasteiger partial charge in [-0.2, -0.15) is 0 Å². The first-order valence-corrected chi connectivity index (χ1v) is 12.3. The van der Waals surface area contributed by atoms with Gasteiger partial charge in [-0.3, -0.25) is 19.2 Å². The first-order valence-electron chi connectivity index (χ1n) is 12.3. The van der Waals surface area contributed by atoms with Gasteiger partial charge >= 0.3 is 0 Å². The number of amides is 4. The van der Waals surface area contributed by atoms with Crippen LogP contribution in [0.25, 0.3) is 0 Å². The molecule has 2 rings (SSSR count). The van der Waals surface area contributed by atoms with Crippen molar-refractivity contribution in [1.82, 2.24) is 0 Å². The fourth-order valence-corrected chi connectivity index (χ4v) is 3.32. The van der Waals surface area contributed by atoms with Crippen molar-refractivity contribution in [1.29, 1.82) is 0 Å². The monoisotopic (exact) mass is 480 g/mol. The van der Waals surface area contributed by atoms with Gasteiger partial charge < -0.3 is 21.3 Å². The van der Waals surface area contributed by atoms with Crippen LogP contribution in [-0.4, -0.2) is 23.6 Å². The molecule has 4 N–H and O–H groups in total. The lowest BCUT2D eigenvalue weighted by Gasteiger charge is -2.08. The number of nitrogens with one attached hydrogen (secondary N) is 4. The van der Waals surface area contributed by atoms with Crippen LogP contribution in [0.3, 0.4) is 0 Å². The van der Waals surface area contributed by atoms with Gasteiger partial charge in [0.15, 0.2) is 0 Å². The van der Waals surface area contributed by atoms with Gasteiger partial charge in [0.25, 0.3) is 0 Å². The topological polar surface area (TPSA) is 116 Å². The third-order valence-electron chi connectivity index (χ3n) is 5.35. The minimum Gasteiger partial charge on any atom is -0.326 e. The summed E-state index contributed by atoms with van der Waals surface area (Å²) in [5.41, 5.74) is 2.82. The number of hydrogen-bond acceptors (Lipinski definition) is 4. The maximum absolute atomic E-state index is 12.1. The summed E-state index contributed by atoms with van der Waals surface area (Å²) >= 11 is 0. The third-order valence-corrected chi connectivity index (χ3v) is 5.35. The molecule has 0 spiro atoms. The molecule has 35 heavy (non-hydrogen) atoms. The minimum absolute atomic E-state index is 0.0324. The molecule has 2 aromatic rings. The van der Waals surface area contributed by atoms with E-state index in [1.807, 2.05) is 0 Å². The van der Waals surface area contributed by atoms with Gasteiger partial charge in [-0.1, -0.05) is 33.1 Å². The number of unbranched alkanes of at least 4 members (excludes halogenated alkanes) is 4. The molecular weight excluding hydrogens is 444 g/mol. The number of hydrogen-bond donors (Lipinski definition) is 4. The Hall–Kier alpha value is -3.68. The first-order chi connectivity index (χ1) is 16.9. The van der Waals surface area contributed by atoms with Crippen molar-refractivity contribution in [2.24, 2.45) is 0 Å². The standard InChI is InChI=1S/C27H36N4O4/c1-3-24(32)28-20-12-16-22(17-13-20)30-26(34)10-8-6-5-7-9-11-27(35)31-23-18-14-21(15-19-23)29-25(33)4-2/h12-19H,3-11H2,1-2H3,(H,28,32)(H,29,33)(H,30,34)(H,31,35). The van der Waals surface area contributed by atoms with Crippen molar-refractivity contribution in [2.75, 3.05) is 21.3 Å². The van der Waals surface area contributed by atoms with Crippen LogP contribution in [0.4, 0.5) is 22.7 Å². The summed E-state index contributed by atoms with van der Waals surface area (Å²) in [5.74, 6) is -0.162. The summed E-state index contributed by atoms with van der Waals surface area (Å²) in [6.07, 6.45) is 6.16. The van der Waals surface area contributed by atoms with Crippen LogP contribution in [0.15, 0.2) is 48.5 Å². The summed E-state index contributed by atoms with van der Waals surface area (Å²) in [4.78, 5) is 47.0. The van der Waals surface area contributed by atoms with E-state index in [0.29, 0.717) is 48.4 Å². The van der Waals surface area contributed by atoms with E-state index in [2.05, 4.69) is 21.3 Å². The van der Waals surface area contributed by atoms with Crippen molar-refractivity contribution in [2.45, 2.75) is 71.6 Å². The average Bonchev–Trinajstić information content (AvgIpc) is 2.85. The molecule has 0 radical (unpaired) electrons. The fourth-order valence-electron chi connectivity index (χ4n) is 3.32. The average molecular weight is 481 g/mol. The van der Waals surface area contributed by atoms with Crippen molar-refractivity contribution in [3.63, 3.8) is 0 Å². The Balaban J connectivity index is 1.53. The first kappa shape index (κ1) is 27.6. The van der Waals surface area contributed by atoms with E-state index in [1.54, 1.807) is 62.4 Å². The molecule has 188 valence electrons. The van der Waals surface area contributed by atoms with E-state index < -0.39 is 0 Å². The molecule has 0 aliphatic heterocycles. The van der Waals surface area contributed by atoms with Gasteiger partial charge in [0, 0.05) is 48.4 Å². The molecule has 0 aliphatic rings. The minimum atomic E-state index is -0.0488. The van der Waals surface area contributed by atoms with Crippen LogP contribution in [0.1, 0.15) is 71.6 Å². The second-order valence-electron chi connectivity index (χ2n) is 8.32. The number of rotatable bonds is 14. The molecule has 0 saturated heterocycles. The molecule has 0 saturated carbocycles. The molecule has 0 unspecified atom stereocenters. The molecule has 0 aromatic heterocycles. The number of anilines is 4. The Bertz CT molecular complexity index is 892. The Kier molecular flexibility index (Phi) is 12.0. The van der Waals surface area contributed by atoms with Crippen LogP contribution in [0.2, 0.25) is 0 Å². The fraction of sp³-hybridized carbons (Fsp3) is 0.407. The zero-order valence-corrected chi connectivity index (χ0v) is 20.6. The Morgan fingerprint density at radius 2 is 0.714 bits per heavy atom. The zero-order chi connectivity index (χ0) is 25.5. The van der Waals surface area contributed by atoms with Crippen molar-refractivity contribution in [3.05, 3.63) is 48.5 Å². The molecule has 0 fully saturated rings. The predicted octanol–water partition coefficient (Wildman–Crippen LogP) is 5.69. The summed E-state index contributed by atoms with van der Waals surface area (Å²) in [7, 11) is 0. The van der Waals surface area contributed by atoms with Crippen molar-refractivity contribution < 1.29 is 19.2 Å². The summed E-state index contributed by atoms with van der Waals surface area (Å²) in [6, 6.07) is 14.1. The molecule has 8 heteroatoms. The third kappa shape index (κ3) is 11.3. The Morgan fingerprint density at radius 1 is 0.457 bits per heavy atom. The molecule has 0 aliphatic carbocycles. The highest BCUT2D eigenvalue weighted by atomic mass is 16.2. The molecular formula is C27H36N4O4. The van der Waals surface area contributed by atoms with E-state index >= 15 is 0 Å².